The number of nitrogens with one attached hydrogen (secondary N) is 1. The maximum absolute atomic E-state index is 4.13. The SMILES string of the molecule is C=CNc1cc(C)c(CCC)nn1. The average Bonchev–Trinajstić information content (AvgIpc) is 2.10. The van der Waals surface area contributed by atoms with Crippen LogP contribution in [0, 0.1) is 6.92 Å². The summed E-state index contributed by atoms with van der Waals surface area (Å²) in [5.41, 5.74) is 2.26. The van der Waals surface area contributed by atoms with E-state index in [-0.39, 0.29) is 0 Å². The number of aryl methyl sites for hydroxylation is 2. The molecule has 0 aliphatic rings. The number of hydrogen-bond donors (Lipinski definition) is 1. The van der Waals surface area contributed by atoms with Crippen LogP contribution in [0.3, 0.4) is 0 Å². The molecule has 0 bridgehead atoms. The maximum atomic E-state index is 4.13. The molecule has 0 fully saturated rings. The summed E-state index contributed by atoms with van der Waals surface area (Å²) in [7, 11) is 0. The highest BCUT2D eigenvalue weighted by molar-refractivity contribution is 5.39. The molecule has 0 amide bonds. The second-order valence-electron chi connectivity index (χ2n) is 2.96. The molecule has 1 rings (SSSR count). The van der Waals surface area contributed by atoms with E-state index in [1.807, 2.05) is 13.0 Å². The number of nitrogens with zero attached hydrogens (tertiary/aromatic N) is 2. The van der Waals surface area contributed by atoms with Gasteiger partial charge in [-0.1, -0.05) is 19.9 Å². The summed E-state index contributed by atoms with van der Waals surface area (Å²) in [6, 6.07) is 1.99. The largest absolute Gasteiger partial charge is 0.346 e. The van der Waals surface area contributed by atoms with Gasteiger partial charge in [-0.15, -0.1) is 5.10 Å². The predicted octanol–water partition coefficient (Wildman–Crippen LogP) is 2.29. The number of anilines is 1. The summed E-state index contributed by atoms with van der Waals surface area (Å²) in [6.07, 6.45) is 3.69. The molecule has 0 radical (unpaired) electrons. The van der Waals surface area contributed by atoms with Crippen molar-refractivity contribution in [3.63, 3.8) is 0 Å². The lowest BCUT2D eigenvalue weighted by Crippen LogP contribution is -2.00. The number of rotatable bonds is 4. The van der Waals surface area contributed by atoms with E-state index in [2.05, 4.69) is 29.0 Å². The Bertz CT molecular complexity index is 294. The fraction of sp³-hybridized carbons (Fsp3) is 0.400. The number of aromatic nitrogens is 2. The summed E-state index contributed by atoms with van der Waals surface area (Å²) < 4.78 is 0. The van der Waals surface area contributed by atoms with Gasteiger partial charge in [-0.2, -0.15) is 5.10 Å². The van der Waals surface area contributed by atoms with Gasteiger partial charge in [0.1, 0.15) is 0 Å². The second kappa shape index (κ2) is 4.60. The Balaban J connectivity index is 2.84. The van der Waals surface area contributed by atoms with Crippen LogP contribution < -0.4 is 5.32 Å². The molecule has 0 atom stereocenters. The van der Waals surface area contributed by atoms with Crippen LogP contribution in [0.15, 0.2) is 18.8 Å². The van der Waals surface area contributed by atoms with Crippen molar-refractivity contribution in [2.24, 2.45) is 0 Å². The maximum Gasteiger partial charge on any atom is 0.152 e. The summed E-state index contributed by atoms with van der Waals surface area (Å²) in [5.74, 6) is 0.757. The minimum absolute atomic E-state index is 0.757. The second-order valence-corrected chi connectivity index (χ2v) is 2.96. The van der Waals surface area contributed by atoms with E-state index >= 15 is 0 Å². The van der Waals surface area contributed by atoms with Gasteiger partial charge in [0.25, 0.3) is 0 Å². The molecule has 0 aromatic carbocycles. The molecule has 0 aliphatic carbocycles. The molecule has 0 saturated carbocycles. The summed E-state index contributed by atoms with van der Waals surface area (Å²) >= 11 is 0. The van der Waals surface area contributed by atoms with E-state index in [0.29, 0.717) is 0 Å². The normalized spacial score (nSPS) is 9.69. The van der Waals surface area contributed by atoms with Crippen molar-refractivity contribution in [1.29, 1.82) is 0 Å². The summed E-state index contributed by atoms with van der Waals surface area (Å²) in [6.45, 7) is 7.75. The first kappa shape index (κ1) is 9.71. The van der Waals surface area contributed by atoms with Crippen LogP contribution in [0.1, 0.15) is 24.6 Å². The van der Waals surface area contributed by atoms with Gasteiger partial charge < -0.3 is 5.32 Å². The molecule has 1 heterocycles. The Hall–Kier alpha value is -1.38. The molecule has 1 aromatic rings. The van der Waals surface area contributed by atoms with Gasteiger partial charge in [0, 0.05) is 0 Å². The molecule has 3 nitrogen and oxygen atoms in total. The third kappa shape index (κ3) is 2.54. The standard InChI is InChI=1S/C10H15N3/c1-4-6-9-8(3)7-10(11-5-2)13-12-9/h5,7H,2,4,6H2,1,3H3,(H,11,13). The Morgan fingerprint density at radius 3 is 2.85 bits per heavy atom. The van der Waals surface area contributed by atoms with Crippen LogP contribution in [0.4, 0.5) is 5.82 Å². The quantitative estimate of drug-likeness (QED) is 0.766. The summed E-state index contributed by atoms with van der Waals surface area (Å²) in [4.78, 5) is 0. The smallest absolute Gasteiger partial charge is 0.152 e. The Morgan fingerprint density at radius 2 is 2.31 bits per heavy atom. The highest BCUT2D eigenvalue weighted by Gasteiger charge is 2.00. The fourth-order valence-corrected chi connectivity index (χ4v) is 1.17. The highest BCUT2D eigenvalue weighted by atomic mass is 15.2. The van der Waals surface area contributed by atoms with E-state index in [1.54, 1.807) is 6.20 Å². The van der Waals surface area contributed by atoms with Gasteiger partial charge in [-0.05, 0) is 31.2 Å². The monoisotopic (exact) mass is 177 g/mol. The fourth-order valence-electron chi connectivity index (χ4n) is 1.17. The van der Waals surface area contributed by atoms with E-state index in [4.69, 9.17) is 0 Å². The molecular formula is C10H15N3. The first-order chi connectivity index (χ1) is 6.27. The van der Waals surface area contributed by atoms with E-state index in [9.17, 15) is 0 Å². The zero-order valence-electron chi connectivity index (χ0n) is 8.17. The third-order valence-corrected chi connectivity index (χ3v) is 1.82. The van der Waals surface area contributed by atoms with E-state index in [1.165, 1.54) is 5.56 Å². The topological polar surface area (TPSA) is 37.8 Å². The molecule has 0 saturated heterocycles. The average molecular weight is 177 g/mol. The van der Waals surface area contributed by atoms with Gasteiger partial charge in [0.2, 0.25) is 0 Å². The molecule has 1 N–H and O–H groups in total. The lowest BCUT2D eigenvalue weighted by Gasteiger charge is -2.04. The zero-order chi connectivity index (χ0) is 9.68. The Kier molecular flexibility index (Phi) is 3.43. The van der Waals surface area contributed by atoms with Gasteiger partial charge in [0.15, 0.2) is 5.82 Å². The van der Waals surface area contributed by atoms with Crippen LogP contribution >= 0.6 is 0 Å². The minimum Gasteiger partial charge on any atom is -0.346 e. The molecule has 13 heavy (non-hydrogen) atoms. The third-order valence-electron chi connectivity index (χ3n) is 1.82. The van der Waals surface area contributed by atoms with Gasteiger partial charge in [0.05, 0.1) is 5.69 Å². The molecular weight excluding hydrogens is 162 g/mol. The molecule has 0 spiro atoms. The molecule has 1 aromatic heterocycles. The van der Waals surface area contributed by atoms with Crippen LogP contribution in [-0.2, 0) is 6.42 Å². The first-order valence-electron chi connectivity index (χ1n) is 4.48. The molecule has 70 valence electrons. The van der Waals surface area contributed by atoms with Crippen molar-refractivity contribution in [3.8, 4) is 0 Å². The van der Waals surface area contributed by atoms with Crippen LogP contribution in [0.25, 0.3) is 0 Å². The Morgan fingerprint density at radius 1 is 1.54 bits per heavy atom. The molecule has 0 aliphatic heterocycles. The first-order valence-corrected chi connectivity index (χ1v) is 4.48. The summed E-state index contributed by atoms with van der Waals surface area (Å²) in [5, 5.41) is 11.0. The van der Waals surface area contributed by atoms with Crippen LogP contribution in [0.2, 0.25) is 0 Å². The van der Waals surface area contributed by atoms with E-state index in [0.717, 1.165) is 24.4 Å². The van der Waals surface area contributed by atoms with Crippen molar-refractivity contribution in [2.45, 2.75) is 26.7 Å². The minimum atomic E-state index is 0.757. The lowest BCUT2D eigenvalue weighted by molar-refractivity contribution is 0.829. The predicted molar refractivity (Wildman–Crippen MR) is 54.6 cm³/mol. The lowest BCUT2D eigenvalue weighted by atomic mass is 10.1. The van der Waals surface area contributed by atoms with Crippen LogP contribution in [-0.4, -0.2) is 10.2 Å². The van der Waals surface area contributed by atoms with Crippen molar-refractivity contribution in [3.05, 3.63) is 30.1 Å². The molecule has 0 unspecified atom stereocenters. The zero-order valence-corrected chi connectivity index (χ0v) is 8.17. The Labute approximate surface area is 78.9 Å². The van der Waals surface area contributed by atoms with Crippen molar-refractivity contribution in [2.75, 3.05) is 5.32 Å². The van der Waals surface area contributed by atoms with Gasteiger partial charge in [-0.3, -0.25) is 0 Å². The molecule has 3 heteroatoms. The van der Waals surface area contributed by atoms with E-state index < -0.39 is 0 Å². The van der Waals surface area contributed by atoms with Gasteiger partial charge >= 0.3 is 0 Å². The van der Waals surface area contributed by atoms with Crippen LogP contribution in [0.5, 0.6) is 0 Å². The van der Waals surface area contributed by atoms with Crippen molar-refractivity contribution >= 4 is 5.82 Å². The van der Waals surface area contributed by atoms with Crippen molar-refractivity contribution < 1.29 is 0 Å². The number of hydrogen-bond acceptors (Lipinski definition) is 3. The van der Waals surface area contributed by atoms with Crippen molar-refractivity contribution in [1.82, 2.24) is 10.2 Å². The highest BCUT2D eigenvalue weighted by Crippen LogP contribution is 2.10. The van der Waals surface area contributed by atoms with Gasteiger partial charge in [-0.25, -0.2) is 0 Å².